The molecule has 160 valence electrons. The number of halogens is 1. The number of fused-ring (bicyclic) bond motifs is 1. The minimum atomic E-state index is -0.694. The number of β-amino-alcohol motifs (C(OH)–C–C–N with tert-alkyl or cyclic N) is 1. The molecule has 0 aliphatic carbocycles. The van der Waals surface area contributed by atoms with E-state index in [1.54, 1.807) is 36.4 Å². The Balaban J connectivity index is 1.27. The first-order chi connectivity index (χ1) is 14.5. The van der Waals surface area contributed by atoms with Crippen molar-refractivity contribution in [2.75, 3.05) is 33.4 Å². The molecule has 6 nitrogen and oxygen atoms in total. The lowest BCUT2D eigenvalue weighted by atomic mass is 9.87. The van der Waals surface area contributed by atoms with Crippen molar-refractivity contribution in [1.29, 1.82) is 0 Å². The topological polar surface area (TPSA) is 68.2 Å². The number of piperidine rings is 1. The molecular formula is C23H26FNO5. The SMILES string of the molecule is COC(=O)c1ccccc1OC[C@H](O)CN1CCC2(CC1)Cc1cc(F)ccc1O2. The zero-order valence-corrected chi connectivity index (χ0v) is 17.0. The molecule has 0 unspecified atom stereocenters. The van der Waals surface area contributed by atoms with E-state index < -0.39 is 12.1 Å². The molecule has 1 atom stereocenters. The molecule has 30 heavy (non-hydrogen) atoms. The lowest BCUT2D eigenvalue weighted by molar-refractivity contribution is -0.00204. The maximum Gasteiger partial charge on any atom is 0.341 e. The molecule has 0 bridgehead atoms. The average Bonchev–Trinajstić information content (AvgIpc) is 3.10. The number of para-hydroxylation sites is 1. The fraction of sp³-hybridized carbons (Fsp3) is 0.435. The van der Waals surface area contributed by atoms with Crippen LogP contribution in [0, 0.1) is 5.82 Å². The molecule has 1 N–H and O–H groups in total. The molecule has 0 saturated carbocycles. The van der Waals surface area contributed by atoms with E-state index in [0.29, 0.717) is 17.9 Å². The summed E-state index contributed by atoms with van der Waals surface area (Å²) in [6.07, 6.45) is 1.68. The minimum Gasteiger partial charge on any atom is -0.490 e. The van der Waals surface area contributed by atoms with Gasteiger partial charge in [-0.15, -0.1) is 0 Å². The van der Waals surface area contributed by atoms with Crippen molar-refractivity contribution in [1.82, 2.24) is 4.90 Å². The number of carbonyl (C=O) groups is 1. The highest BCUT2D eigenvalue weighted by Crippen LogP contribution is 2.41. The first-order valence-corrected chi connectivity index (χ1v) is 10.2. The fourth-order valence-electron chi connectivity index (χ4n) is 4.23. The summed E-state index contributed by atoms with van der Waals surface area (Å²) in [6.45, 7) is 2.12. The van der Waals surface area contributed by atoms with E-state index in [2.05, 4.69) is 4.90 Å². The normalized spacial score (nSPS) is 18.5. The number of hydrogen-bond acceptors (Lipinski definition) is 6. The summed E-state index contributed by atoms with van der Waals surface area (Å²) in [7, 11) is 1.32. The number of rotatable bonds is 6. The number of benzene rings is 2. The standard InChI is InChI=1S/C23H26FNO5/c1-28-22(27)19-4-2-3-5-21(19)29-15-18(26)14-25-10-8-23(9-11-25)13-16-12-17(24)6-7-20(16)30-23/h2-7,12,18,26H,8-11,13-15H2,1H3/t18-/m1/s1. The number of methoxy groups -OCH3 is 1. The summed E-state index contributed by atoms with van der Waals surface area (Å²) in [5.41, 5.74) is 0.996. The first-order valence-electron chi connectivity index (χ1n) is 10.2. The zero-order chi connectivity index (χ0) is 21.1. The van der Waals surface area contributed by atoms with Crippen molar-refractivity contribution in [3.05, 3.63) is 59.4 Å². The van der Waals surface area contributed by atoms with E-state index in [1.807, 2.05) is 0 Å². The summed E-state index contributed by atoms with van der Waals surface area (Å²) in [5.74, 6) is 0.468. The third-order valence-electron chi connectivity index (χ3n) is 5.82. The Bertz CT molecular complexity index is 910. The highest BCUT2D eigenvalue weighted by Gasteiger charge is 2.42. The minimum absolute atomic E-state index is 0.0802. The number of nitrogens with zero attached hydrogens (tertiary/aromatic N) is 1. The van der Waals surface area contributed by atoms with Gasteiger partial charge in [-0.25, -0.2) is 9.18 Å². The second-order valence-corrected chi connectivity index (χ2v) is 7.97. The van der Waals surface area contributed by atoms with E-state index in [4.69, 9.17) is 14.2 Å². The Labute approximate surface area is 175 Å². The highest BCUT2D eigenvalue weighted by atomic mass is 19.1. The Morgan fingerprint density at radius 1 is 1.27 bits per heavy atom. The molecule has 0 aromatic heterocycles. The van der Waals surface area contributed by atoms with Crippen molar-refractivity contribution >= 4 is 5.97 Å². The van der Waals surface area contributed by atoms with Gasteiger partial charge in [0, 0.05) is 44.5 Å². The molecule has 2 aromatic carbocycles. The summed E-state index contributed by atoms with van der Waals surface area (Å²) < 4.78 is 30.1. The van der Waals surface area contributed by atoms with Crippen LogP contribution < -0.4 is 9.47 Å². The summed E-state index contributed by atoms with van der Waals surface area (Å²) in [5, 5.41) is 10.4. The number of hydrogen-bond donors (Lipinski definition) is 1. The van der Waals surface area contributed by atoms with E-state index >= 15 is 0 Å². The molecule has 1 saturated heterocycles. The Kier molecular flexibility index (Phi) is 5.92. The lowest BCUT2D eigenvalue weighted by Crippen LogP contribution is -2.49. The smallest absolute Gasteiger partial charge is 0.341 e. The number of ether oxygens (including phenoxy) is 3. The predicted octanol–water partition coefficient (Wildman–Crippen LogP) is 2.82. The number of aliphatic hydroxyl groups excluding tert-OH is 1. The second kappa shape index (κ2) is 8.62. The summed E-state index contributed by atoms with van der Waals surface area (Å²) in [6, 6.07) is 11.5. The maximum absolute atomic E-state index is 13.5. The van der Waals surface area contributed by atoms with Crippen molar-refractivity contribution in [3.63, 3.8) is 0 Å². The first kappa shape index (κ1) is 20.6. The third kappa shape index (κ3) is 4.42. The van der Waals surface area contributed by atoms with Gasteiger partial charge in [0.15, 0.2) is 0 Å². The fourth-order valence-corrected chi connectivity index (χ4v) is 4.23. The Morgan fingerprint density at radius 2 is 2.03 bits per heavy atom. The number of aliphatic hydroxyl groups is 1. The van der Waals surface area contributed by atoms with Crippen molar-refractivity contribution in [2.24, 2.45) is 0 Å². The molecule has 7 heteroatoms. The Hall–Kier alpha value is -2.64. The number of esters is 1. The molecule has 2 aliphatic rings. The van der Waals surface area contributed by atoms with Crippen LogP contribution in [0.1, 0.15) is 28.8 Å². The summed E-state index contributed by atoms with van der Waals surface area (Å²) >= 11 is 0. The van der Waals surface area contributed by atoms with Gasteiger partial charge < -0.3 is 24.2 Å². The molecule has 1 fully saturated rings. The molecule has 0 amide bonds. The van der Waals surface area contributed by atoms with E-state index in [-0.39, 0.29) is 18.0 Å². The molecule has 2 heterocycles. The van der Waals surface area contributed by atoms with Gasteiger partial charge in [0.25, 0.3) is 0 Å². The van der Waals surface area contributed by atoms with E-state index in [9.17, 15) is 14.3 Å². The van der Waals surface area contributed by atoms with Gasteiger partial charge >= 0.3 is 5.97 Å². The van der Waals surface area contributed by atoms with Crippen LogP contribution >= 0.6 is 0 Å². The summed E-state index contributed by atoms with van der Waals surface area (Å²) in [4.78, 5) is 14.0. The van der Waals surface area contributed by atoms with Gasteiger partial charge in [0.2, 0.25) is 0 Å². The molecule has 4 rings (SSSR count). The van der Waals surface area contributed by atoms with Crippen LogP contribution in [0.5, 0.6) is 11.5 Å². The predicted molar refractivity (Wildman–Crippen MR) is 108 cm³/mol. The zero-order valence-electron chi connectivity index (χ0n) is 17.0. The number of likely N-dealkylation sites (tertiary alicyclic amines) is 1. The molecule has 2 aliphatic heterocycles. The molecule has 1 spiro atoms. The van der Waals surface area contributed by atoms with Gasteiger partial charge in [-0.3, -0.25) is 0 Å². The largest absolute Gasteiger partial charge is 0.490 e. The number of carbonyl (C=O) groups excluding carboxylic acids is 1. The second-order valence-electron chi connectivity index (χ2n) is 7.97. The van der Waals surface area contributed by atoms with Crippen LogP contribution in [0.4, 0.5) is 4.39 Å². The van der Waals surface area contributed by atoms with Crippen molar-refractivity contribution in [2.45, 2.75) is 31.0 Å². The van der Waals surface area contributed by atoms with Crippen LogP contribution in [-0.2, 0) is 11.2 Å². The molecular weight excluding hydrogens is 389 g/mol. The quantitative estimate of drug-likeness (QED) is 0.732. The van der Waals surface area contributed by atoms with Crippen LogP contribution in [-0.4, -0.2) is 61.0 Å². The van der Waals surface area contributed by atoms with Crippen molar-refractivity contribution < 1.29 is 28.5 Å². The highest BCUT2D eigenvalue weighted by molar-refractivity contribution is 5.92. The van der Waals surface area contributed by atoms with Crippen LogP contribution in [0.3, 0.4) is 0 Å². The monoisotopic (exact) mass is 415 g/mol. The van der Waals surface area contributed by atoms with Gasteiger partial charge in [-0.2, -0.15) is 0 Å². The van der Waals surface area contributed by atoms with Gasteiger partial charge in [-0.1, -0.05) is 12.1 Å². The van der Waals surface area contributed by atoms with Gasteiger partial charge in [0.05, 0.1) is 7.11 Å². The molecule has 2 aromatic rings. The molecule has 0 radical (unpaired) electrons. The third-order valence-corrected chi connectivity index (χ3v) is 5.82. The Morgan fingerprint density at radius 3 is 2.80 bits per heavy atom. The lowest BCUT2D eigenvalue weighted by Gasteiger charge is -2.39. The van der Waals surface area contributed by atoms with Crippen LogP contribution in [0.25, 0.3) is 0 Å². The van der Waals surface area contributed by atoms with Gasteiger partial charge in [-0.05, 0) is 30.3 Å². The average molecular weight is 415 g/mol. The van der Waals surface area contributed by atoms with E-state index in [1.165, 1.54) is 13.2 Å². The van der Waals surface area contributed by atoms with E-state index in [0.717, 1.165) is 43.7 Å². The van der Waals surface area contributed by atoms with Gasteiger partial charge in [0.1, 0.15) is 41.2 Å². The maximum atomic E-state index is 13.5. The van der Waals surface area contributed by atoms with Crippen molar-refractivity contribution in [3.8, 4) is 11.5 Å². The van der Waals surface area contributed by atoms with Crippen LogP contribution in [0.2, 0.25) is 0 Å². The van der Waals surface area contributed by atoms with Crippen LogP contribution in [0.15, 0.2) is 42.5 Å².